The number of likely N-dealkylation sites (tertiary alicyclic amines) is 1. The number of hydrogen-bond donors (Lipinski definition) is 1. The lowest BCUT2D eigenvalue weighted by Crippen LogP contribution is -2.31. The van der Waals surface area contributed by atoms with E-state index in [-0.39, 0.29) is 30.1 Å². The highest BCUT2D eigenvalue weighted by molar-refractivity contribution is 5.85. The Balaban J connectivity index is 0.00000162. The summed E-state index contributed by atoms with van der Waals surface area (Å²) in [6, 6.07) is 4.03. The maximum Gasteiger partial charge on any atom is 0.128 e. The zero-order chi connectivity index (χ0) is 12.4. The molecule has 2 nitrogen and oxygen atoms in total. The lowest BCUT2D eigenvalue weighted by Gasteiger charge is -2.25. The minimum absolute atomic E-state index is 0. The molecule has 5 heteroatoms. The molecule has 1 N–H and O–H groups in total. The van der Waals surface area contributed by atoms with Crippen LogP contribution in [0.5, 0.6) is 0 Å². The van der Waals surface area contributed by atoms with Crippen molar-refractivity contribution in [3.63, 3.8) is 0 Å². The quantitative estimate of drug-likeness (QED) is 0.913. The summed E-state index contributed by atoms with van der Waals surface area (Å²) in [4.78, 5) is 2.18. The van der Waals surface area contributed by atoms with Crippen molar-refractivity contribution in [2.75, 3.05) is 20.1 Å². The van der Waals surface area contributed by atoms with E-state index in [0.717, 1.165) is 25.6 Å². The van der Waals surface area contributed by atoms with Crippen LogP contribution in [0.25, 0.3) is 0 Å². The van der Waals surface area contributed by atoms with Crippen LogP contribution in [-0.4, -0.2) is 31.1 Å². The first-order valence-corrected chi connectivity index (χ1v) is 5.98. The fraction of sp³-hybridized carbons (Fsp3) is 0.538. The van der Waals surface area contributed by atoms with E-state index in [2.05, 4.69) is 10.2 Å². The SMILES string of the molecule is CNC1CCN(C(C)c2cc(F)ccc2F)C1.Cl. The number of likely N-dealkylation sites (N-methyl/N-ethyl adjacent to an activating group) is 1. The van der Waals surface area contributed by atoms with Crippen LogP contribution in [0.1, 0.15) is 24.9 Å². The Morgan fingerprint density at radius 2 is 2.11 bits per heavy atom. The van der Waals surface area contributed by atoms with Crippen molar-refractivity contribution in [2.45, 2.75) is 25.4 Å². The molecule has 18 heavy (non-hydrogen) atoms. The molecule has 1 heterocycles. The van der Waals surface area contributed by atoms with E-state index in [0.29, 0.717) is 11.6 Å². The monoisotopic (exact) mass is 276 g/mol. The van der Waals surface area contributed by atoms with E-state index >= 15 is 0 Å². The van der Waals surface area contributed by atoms with Crippen molar-refractivity contribution >= 4 is 12.4 Å². The Labute approximate surface area is 113 Å². The van der Waals surface area contributed by atoms with Gasteiger partial charge < -0.3 is 5.32 Å². The number of nitrogens with zero attached hydrogens (tertiary/aromatic N) is 1. The van der Waals surface area contributed by atoms with Gasteiger partial charge in [0.15, 0.2) is 0 Å². The van der Waals surface area contributed by atoms with Gasteiger partial charge in [-0.25, -0.2) is 8.78 Å². The number of halogens is 3. The molecule has 2 rings (SSSR count). The third-order valence-corrected chi connectivity index (χ3v) is 3.58. The van der Waals surface area contributed by atoms with Gasteiger partial charge in [-0.15, -0.1) is 12.4 Å². The molecule has 0 saturated carbocycles. The average Bonchev–Trinajstić information content (AvgIpc) is 2.80. The normalized spacial score (nSPS) is 21.7. The molecule has 1 aromatic rings. The summed E-state index contributed by atoms with van der Waals surface area (Å²) < 4.78 is 26.8. The highest BCUT2D eigenvalue weighted by atomic mass is 35.5. The molecule has 102 valence electrons. The van der Waals surface area contributed by atoms with Gasteiger partial charge in [-0.2, -0.15) is 0 Å². The van der Waals surface area contributed by atoms with E-state index in [1.807, 2.05) is 14.0 Å². The molecule has 0 amide bonds. The number of benzene rings is 1. The van der Waals surface area contributed by atoms with E-state index < -0.39 is 0 Å². The summed E-state index contributed by atoms with van der Waals surface area (Å²) in [6.45, 7) is 3.73. The minimum Gasteiger partial charge on any atom is -0.316 e. The first kappa shape index (κ1) is 15.3. The average molecular weight is 277 g/mol. The maximum atomic E-state index is 13.6. The smallest absolute Gasteiger partial charge is 0.128 e. The molecule has 0 spiro atoms. The highest BCUT2D eigenvalue weighted by Crippen LogP contribution is 2.27. The summed E-state index contributed by atoms with van der Waals surface area (Å²) in [5.74, 6) is -0.704. The Bertz CT molecular complexity index is 401. The second kappa shape index (κ2) is 6.45. The van der Waals surface area contributed by atoms with Crippen LogP contribution in [0.2, 0.25) is 0 Å². The highest BCUT2D eigenvalue weighted by Gasteiger charge is 2.27. The summed E-state index contributed by atoms with van der Waals surface area (Å²) in [7, 11) is 1.93. The largest absolute Gasteiger partial charge is 0.316 e. The molecule has 1 fully saturated rings. The van der Waals surface area contributed by atoms with Gasteiger partial charge in [-0.05, 0) is 38.6 Å². The topological polar surface area (TPSA) is 15.3 Å². The van der Waals surface area contributed by atoms with Gasteiger partial charge in [0.1, 0.15) is 11.6 Å². The molecule has 1 aliphatic rings. The molecule has 1 saturated heterocycles. The molecular weight excluding hydrogens is 258 g/mol. The van der Waals surface area contributed by atoms with Gasteiger partial charge in [0.05, 0.1) is 0 Å². The van der Waals surface area contributed by atoms with Crippen LogP contribution in [0.3, 0.4) is 0 Å². The maximum absolute atomic E-state index is 13.6. The zero-order valence-corrected chi connectivity index (χ0v) is 11.4. The first-order valence-electron chi connectivity index (χ1n) is 5.98. The van der Waals surface area contributed by atoms with E-state index in [1.54, 1.807) is 0 Å². The molecule has 1 aromatic carbocycles. The van der Waals surface area contributed by atoms with Crippen molar-refractivity contribution in [3.05, 3.63) is 35.4 Å². The van der Waals surface area contributed by atoms with Gasteiger partial charge in [-0.1, -0.05) is 0 Å². The Morgan fingerprint density at radius 1 is 1.39 bits per heavy atom. The second-order valence-corrected chi connectivity index (χ2v) is 4.61. The summed E-state index contributed by atoms with van der Waals surface area (Å²) in [5.41, 5.74) is 0.446. The van der Waals surface area contributed by atoms with Gasteiger partial charge in [0.25, 0.3) is 0 Å². The van der Waals surface area contributed by atoms with Gasteiger partial charge in [0.2, 0.25) is 0 Å². The minimum atomic E-state index is -0.377. The predicted molar refractivity (Wildman–Crippen MR) is 71.1 cm³/mol. The van der Waals surface area contributed by atoms with Crippen molar-refractivity contribution < 1.29 is 8.78 Å². The van der Waals surface area contributed by atoms with Crippen molar-refractivity contribution in [2.24, 2.45) is 0 Å². The van der Waals surface area contributed by atoms with Crippen LogP contribution >= 0.6 is 12.4 Å². The van der Waals surface area contributed by atoms with Crippen LogP contribution < -0.4 is 5.32 Å². The molecule has 0 aliphatic carbocycles. The molecule has 2 atom stereocenters. The fourth-order valence-electron chi connectivity index (χ4n) is 2.41. The van der Waals surface area contributed by atoms with Gasteiger partial charge in [0, 0.05) is 30.7 Å². The molecule has 2 unspecified atom stereocenters. The Morgan fingerprint density at radius 3 is 2.72 bits per heavy atom. The molecule has 1 aliphatic heterocycles. The van der Waals surface area contributed by atoms with E-state index in [4.69, 9.17) is 0 Å². The number of hydrogen-bond acceptors (Lipinski definition) is 2. The predicted octanol–water partition coefficient (Wildman–Crippen LogP) is 2.74. The molecule has 0 aromatic heterocycles. The van der Waals surface area contributed by atoms with Crippen LogP contribution in [0.4, 0.5) is 8.78 Å². The fourth-order valence-corrected chi connectivity index (χ4v) is 2.41. The van der Waals surface area contributed by atoms with Crippen LogP contribution in [0.15, 0.2) is 18.2 Å². The zero-order valence-electron chi connectivity index (χ0n) is 10.6. The van der Waals surface area contributed by atoms with Crippen molar-refractivity contribution in [3.8, 4) is 0 Å². The van der Waals surface area contributed by atoms with Crippen molar-refractivity contribution in [1.82, 2.24) is 10.2 Å². The number of nitrogens with one attached hydrogen (secondary N) is 1. The standard InChI is InChI=1S/C13H18F2N2.ClH/c1-9(17-6-5-11(8-17)16-2)12-7-10(14)3-4-13(12)15;/h3-4,7,9,11,16H,5-6,8H2,1-2H3;1H. The van der Waals surface area contributed by atoms with Gasteiger partial charge in [-0.3, -0.25) is 4.90 Å². The summed E-state index contributed by atoms with van der Waals surface area (Å²) in [5, 5.41) is 3.22. The van der Waals surface area contributed by atoms with Crippen LogP contribution in [-0.2, 0) is 0 Å². The Kier molecular flexibility index (Phi) is 5.50. The van der Waals surface area contributed by atoms with E-state index in [9.17, 15) is 8.78 Å². The lowest BCUT2D eigenvalue weighted by atomic mass is 10.1. The third kappa shape index (κ3) is 3.19. The Hall–Kier alpha value is -0.710. The molecular formula is C13H19ClF2N2. The van der Waals surface area contributed by atoms with E-state index in [1.165, 1.54) is 12.1 Å². The van der Waals surface area contributed by atoms with Gasteiger partial charge >= 0.3 is 0 Å². The number of rotatable bonds is 3. The summed E-state index contributed by atoms with van der Waals surface area (Å²) >= 11 is 0. The summed E-state index contributed by atoms with van der Waals surface area (Å²) in [6.07, 6.45) is 1.05. The second-order valence-electron chi connectivity index (χ2n) is 4.61. The third-order valence-electron chi connectivity index (χ3n) is 3.58. The van der Waals surface area contributed by atoms with Crippen molar-refractivity contribution in [1.29, 1.82) is 0 Å². The first-order chi connectivity index (χ1) is 8.11. The lowest BCUT2D eigenvalue weighted by molar-refractivity contribution is 0.251. The molecule has 0 radical (unpaired) electrons. The molecule has 0 bridgehead atoms. The van der Waals surface area contributed by atoms with Crippen LogP contribution in [0, 0.1) is 11.6 Å².